The van der Waals surface area contributed by atoms with Crippen LogP contribution < -0.4 is 5.32 Å². The van der Waals surface area contributed by atoms with E-state index in [4.69, 9.17) is 4.42 Å². The second-order valence-corrected chi connectivity index (χ2v) is 9.59. The van der Waals surface area contributed by atoms with E-state index in [1.165, 1.54) is 4.90 Å². The lowest BCUT2D eigenvalue weighted by atomic mass is 9.74. The van der Waals surface area contributed by atoms with Crippen molar-refractivity contribution in [2.24, 2.45) is 5.92 Å². The number of pyridine rings is 1. The zero-order valence-electron chi connectivity index (χ0n) is 20.2. The maximum atomic E-state index is 13.9. The van der Waals surface area contributed by atoms with Crippen molar-refractivity contribution in [1.82, 2.24) is 20.1 Å². The first-order valence-corrected chi connectivity index (χ1v) is 12.4. The Kier molecular flexibility index (Phi) is 6.68. The van der Waals surface area contributed by atoms with Gasteiger partial charge in [-0.2, -0.15) is 0 Å². The van der Waals surface area contributed by atoms with Gasteiger partial charge in [-0.1, -0.05) is 43.3 Å². The molecule has 3 amide bonds. The largest absolute Gasteiger partial charge is 0.465 e. The van der Waals surface area contributed by atoms with Gasteiger partial charge in [0.15, 0.2) is 0 Å². The molecule has 2 aliphatic heterocycles. The van der Waals surface area contributed by atoms with Gasteiger partial charge in [-0.25, -0.2) is 4.79 Å². The summed E-state index contributed by atoms with van der Waals surface area (Å²) >= 11 is 0. The van der Waals surface area contributed by atoms with Crippen molar-refractivity contribution in [3.05, 3.63) is 89.6 Å². The summed E-state index contributed by atoms with van der Waals surface area (Å²) < 4.78 is 5.90. The Hall–Kier alpha value is -3.45. The number of hydrogen-bond donors (Lipinski definition) is 1. The molecule has 3 aromatic rings. The average molecular weight is 473 g/mol. The lowest BCUT2D eigenvalue weighted by Crippen LogP contribution is -2.57. The van der Waals surface area contributed by atoms with E-state index >= 15 is 0 Å². The fourth-order valence-corrected chi connectivity index (χ4v) is 5.42. The summed E-state index contributed by atoms with van der Waals surface area (Å²) in [6.45, 7) is 4.80. The monoisotopic (exact) mass is 472 g/mol. The van der Waals surface area contributed by atoms with Crippen LogP contribution in [0.3, 0.4) is 0 Å². The number of hydrogen-bond acceptors (Lipinski definition) is 5. The van der Waals surface area contributed by atoms with Crippen LogP contribution in [0.1, 0.15) is 42.4 Å². The van der Waals surface area contributed by atoms with Gasteiger partial charge < -0.3 is 9.73 Å². The number of piperidine rings is 1. The van der Waals surface area contributed by atoms with E-state index in [0.29, 0.717) is 6.42 Å². The third-order valence-corrected chi connectivity index (χ3v) is 7.32. The molecule has 1 unspecified atom stereocenters. The van der Waals surface area contributed by atoms with Crippen LogP contribution in [-0.4, -0.2) is 45.4 Å². The average Bonchev–Trinajstić information content (AvgIpc) is 3.44. The number of imide groups is 1. The van der Waals surface area contributed by atoms with Crippen molar-refractivity contribution in [3.8, 4) is 0 Å². The van der Waals surface area contributed by atoms with Crippen LogP contribution in [0.25, 0.3) is 0 Å². The number of carbonyl (C=O) groups is 2. The molecule has 2 fully saturated rings. The highest BCUT2D eigenvalue weighted by Crippen LogP contribution is 2.37. The summed E-state index contributed by atoms with van der Waals surface area (Å²) in [4.78, 5) is 34.9. The van der Waals surface area contributed by atoms with Crippen LogP contribution in [-0.2, 0) is 30.7 Å². The number of amides is 3. The molecular formula is C28H32N4O3. The summed E-state index contributed by atoms with van der Waals surface area (Å²) in [6, 6.07) is 17.5. The number of nitrogens with zero attached hydrogens (tertiary/aromatic N) is 3. The summed E-state index contributed by atoms with van der Waals surface area (Å²) in [5.74, 6) is 1.90. The zero-order valence-corrected chi connectivity index (χ0v) is 20.2. The predicted octanol–water partition coefficient (Wildman–Crippen LogP) is 4.18. The number of urea groups is 1. The number of aromatic nitrogens is 1. The topological polar surface area (TPSA) is 78.7 Å². The molecule has 0 radical (unpaired) electrons. The van der Waals surface area contributed by atoms with Crippen LogP contribution in [0.2, 0.25) is 0 Å². The van der Waals surface area contributed by atoms with Crippen LogP contribution in [0.15, 0.2) is 71.4 Å². The number of benzene rings is 1. The maximum absolute atomic E-state index is 13.9. The Labute approximate surface area is 206 Å². The normalized spacial score (nSPS) is 21.5. The van der Waals surface area contributed by atoms with E-state index in [1.807, 2.05) is 48.5 Å². The highest BCUT2D eigenvalue weighted by atomic mass is 16.3. The minimum Gasteiger partial charge on any atom is -0.465 e. The number of furan rings is 1. The molecule has 1 atom stereocenters. The smallest absolute Gasteiger partial charge is 0.325 e. The van der Waals surface area contributed by atoms with E-state index in [1.54, 1.807) is 12.4 Å². The predicted molar refractivity (Wildman–Crippen MR) is 132 cm³/mol. The van der Waals surface area contributed by atoms with Gasteiger partial charge in [0.05, 0.1) is 13.1 Å². The quantitative estimate of drug-likeness (QED) is 0.498. The van der Waals surface area contributed by atoms with Gasteiger partial charge in [0.2, 0.25) is 0 Å². The minimum absolute atomic E-state index is 0.0529. The van der Waals surface area contributed by atoms with Gasteiger partial charge in [-0.15, -0.1) is 0 Å². The Morgan fingerprint density at radius 1 is 0.971 bits per heavy atom. The molecule has 7 nitrogen and oxygen atoms in total. The third kappa shape index (κ3) is 4.86. The molecule has 0 aliphatic carbocycles. The van der Waals surface area contributed by atoms with Gasteiger partial charge in [0, 0.05) is 25.2 Å². The lowest BCUT2D eigenvalue weighted by Gasteiger charge is -2.41. The van der Waals surface area contributed by atoms with Gasteiger partial charge in [0.1, 0.15) is 17.1 Å². The minimum atomic E-state index is -0.938. The molecule has 5 rings (SSSR count). The second-order valence-electron chi connectivity index (χ2n) is 9.59. The van der Waals surface area contributed by atoms with Crippen LogP contribution in [0, 0.1) is 5.92 Å². The van der Waals surface area contributed by atoms with Crippen LogP contribution in [0.4, 0.5) is 4.79 Å². The molecule has 182 valence electrons. The van der Waals surface area contributed by atoms with Gasteiger partial charge in [0.25, 0.3) is 5.91 Å². The first-order chi connectivity index (χ1) is 17.1. The second kappa shape index (κ2) is 10.0. The molecule has 1 N–H and O–H groups in total. The highest BCUT2D eigenvalue weighted by molar-refractivity contribution is 6.07. The van der Waals surface area contributed by atoms with E-state index < -0.39 is 5.54 Å². The van der Waals surface area contributed by atoms with E-state index in [0.717, 1.165) is 61.5 Å². The maximum Gasteiger partial charge on any atom is 0.325 e. The zero-order chi connectivity index (χ0) is 24.3. The van der Waals surface area contributed by atoms with Crippen LogP contribution in [0.5, 0.6) is 0 Å². The summed E-state index contributed by atoms with van der Waals surface area (Å²) in [5, 5.41) is 3.16. The van der Waals surface area contributed by atoms with Crippen molar-refractivity contribution < 1.29 is 14.0 Å². The number of nitrogens with one attached hydrogen (secondary N) is 1. The van der Waals surface area contributed by atoms with E-state index in [-0.39, 0.29) is 24.4 Å². The van der Waals surface area contributed by atoms with Crippen molar-refractivity contribution in [2.45, 2.75) is 51.2 Å². The molecule has 7 heteroatoms. The van der Waals surface area contributed by atoms with Crippen molar-refractivity contribution in [2.75, 3.05) is 13.1 Å². The van der Waals surface area contributed by atoms with Crippen molar-refractivity contribution >= 4 is 11.9 Å². The van der Waals surface area contributed by atoms with Gasteiger partial charge in [-0.05, 0) is 61.2 Å². The number of carbonyl (C=O) groups excluding carboxylic acids is 2. The Morgan fingerprint density at radius 2 is 1.71 bits per heavy atom. The fraction of sp³-hybridized carbons (Fsp3) is 0.393. The first kappa shape index (κ1) is 23.3. The van der Waals surface area contributed by atoms with Gasteiger partial charge >= 0.3 is 6.03 Å². The Morgan fingerprint density at radius 3 is 2.40 bits per heavy atom. The molecule has 0 bridgehead atoms. The lowest BCUT2D eigenvalue weighted by molar-refractivity contribution is -0.134. The van der Waals surface area contributed by atoms with Crippen molar-refractivity contribution in [1.29, 1.82) is 0 Å². The summed E-state index contributed by atoms with van der Waals surface area (Å²) in [5.41, 5.74) is 0.952. The SMILES string of the molecule is CCc1ccc(CN2CCC(C3(Cc4ccccc4)NC(=O)N(Cc4cccnc4)C3=O)CC2)o1. The molecule has 0 spiro atoms. The van der Waals surface area contributed by atoms with Crippen molar-refractivity contribution in [3.63, 3.8) is 0 Å². The molecule has 2 aliphatic rings. The third-order valence-electron chi connectivity index (χ3n) is 7.32. The molecular weight excluding hydrogens is 440 g/mol. The van der Waals surface area contributed by atoms with E-state index in [9.17, 15) is 9.59 Å². The van der Waals surface area contributed by atoms with E-state index in [2.05, 4.69) is 28.2 Å². The molecule has 2 saturated heterocycles. The van der Waals surface area contributed by atoms with Gasteiger partial charge in [-0.3, -0.25) is 19.6 Å². The molecule has 4 heterocycles. The Bertz CT molecular complexity index is 1160. The molecule has 0 saturated carbocycles. The van der Waals surface area contributed by atoms with Crippen LogP contribution >= 0.6 is 0 Å². The number of rotatable bonds is 8. The Balaban J connectivity index is 1.35. The summed E-state index contributed by atoms with van der Waals surface area (Å²) in [6.07, 6.45) is 6.44. The molecule has 35 heavy (non-hydrogen) atoms. The number of likely N-dealkylation sites (tertiary alicyclic amines) is 1. The molecule has 2 aromatic heterocycles. The highest BCUT2D eigenvalue weighted by Gasteiger charge is 2.55. The standard InChI is InChI=1S/C28H32N4O3/c1-2-24-10-11-25(35-24)20-31-15-12-23(13-16-31)28(17-21-7-4-3-5-8-21)26(33)32(27(34)30-28)19-22-9-6-14-29-18-22/h3-11,14,18,23H,2,12-13,15-17,19-20H2,1H3,(H,30,34). The first-order valence-electron chi connectivity index (χ1n) is 12.4. The summed E-state index contributed by atoms with van der Waals surface area (Å²) in [7, 11) is 0. The molecule has 1 aromatic carbocycles. The number of aryl methyl sites for hydroxylation is 1. The fourth-order valence-electron chi connectivity index (χ4n) is 5.42.